The maximum atomic E-state index is 15.0. The second-order valence-corrected chi connectivity index (χ2v) is 8.92. The predicted octanol–water partition coefficient (Wildman–Crippen LogP) is 4.59. The lowest BCUT2D eigenvalue weighted by Gasteiger charge is -2.54. The molecule has 0 N–H and O–H groups in total. The lowest BCUT2D eigenvalue weighted by atomic mass is 9.50. The topological polar surface area (TPSA) is 34.1 Å². The molecular weight excluding hydrogens is 303 g/mol. The van der Waals surface area contributed by atoms with Gasteiger partial charge >= 0.3 is 0 Å². The fraction of sp³-hybridized carbons (Fsp3) is 0.714. The zero-order valence-electron chi connectivity index (χ0n) is 14.9. The smallest absolute Gasteiger partial charge is 0.155 e. The molecule has 0 unspecified atom stereocenters. The maximum absolute atomic E-state index is 15.0. The first-order valence-electron chi connectivity index (χ1n) is 9.37. The van der Waals surface area contributed by atoms with E-state index in [0.717, 1.165) is 25.7 Å². The summed E-state index contributed by atoms with van der Waals surface area (Å²) in [6, 6.07) is 0. The summed E-state index contributed by atoms with van der Waals surface area (Å²) in [5.74, 6) is 1.12. The summed E-state index contributed by atoms with van der Waals surface area (Å²) in [4.78, 5) is 23.9. The molecule has 0 aromatic carbocycles. The Hall–Kier alpha value is -1.25. The van der Waals surface area contributed by atoms with Crippen molar-refractivity contribution in [1.29, 1.82) is 0 Å². The zero-order valence-corrected chi connectivity index (χ0v) is 14.9. The second-order valence-electron chi connectivity index (χ2n) is 8.92. The first kappa shape index (κ1) is 16.2. The number of carbonyl (C=O) groups excluding carboxylic acids is 2. The summed E-state index contributed by atoms with van der Waals surface area (Å²) in [7, 11) is 0. The Morgan fingerprint density at radius 3 is 2.71 bits per heavy atom. The molecule has 4 aliphatic rings. The number of allylic oxidation sites excluding steroid dienone is 4. The van der Waals surface area contributed by atoms with E-state index in [2.05, 4.69) is 19.9 Å². The average Bonchev–Trinajstić information content (AvgIpc) is 2.87. The van der Waals surface area contributed by atoms with Crippen LogP contribution in [0.4, 0.5) is 4.39 Å². The highest BCUT2D eigenvalue weighted by atomic mass is 19.1. The van der Waals surface area contributed by atoms with Crippen molar-refractivity contribution in [1.82, 2.24) is 0 Å². The van der Waals surface area contributed by atoms with Crippen LogP contribution in [0.3, 0.4) is 0 Å². The minimum absolute atomic E-state index is 0.0121. The first-order chi connectivity index (χ1) is 11.3. The van der Waals surface area contributed by atoms with Crippen LogP contribution in [0.15, 0.2) is 23.3 Å². The molecule has 0 saturated heterocycles. The summed E-state index contributed by atoms with van der Waals surface area (Å²) in [6.07, 6.45) is 7.54. The number of halogens is 1. The molecule has 24 heavy (non-hydrogen) atoms. The van der Waals surface area contributed by atoms with Gasteiger partial charge in [-0.3, -0.25) is 9.59 Å². The van der Waals surface area contributed by atoms with Crippen molar-refractivity contribution >= 4 is 11.6 Å². The molecule has 0 spiro atoms. The molecule has 0 bridgehead atoms. The van der Waals surface area contributed by atoms with Gasteiger partial charge in [-0.05, 0) is 67.9 Å². The number of ketones is 2. The van der Waals surface area contributed by atoms with Crippen molar-refractivity contribution in [3.8, 4) is 0 Å². The zero-order chi connectivity index (χ0) is 17.3. The van der Waals surface area contributed by atoms with E-state index in [1.54, 1.807) is 13.0 Å². The first-order valence-corrected chi connectivity index (χ1v) is 9.37. The standard InChI is InChI=1S/C21H27FO2/c1-12(23)15-4-5-16-14-11-19(22)18-10-13(24)6-8-21(18,3)17(14)7-9-20(15,16)2/h7,10,14-16,19H,4-6,8-9,11H2,1-3H3/t14-,15+,16-,19-,20+,21+/m0/s1. The van der Waals surface area contributed by atoms with E-state index in [-0.39, 0.29) is 28.4 Å². The summed E-state index contributed by atoms with van der Waals surface area (Å²) in [5.41, 5.74) is 1.78. The number of carbonyl (C=O) groups is 2. The van der Waals surface area contributed by atoms with Crippen LogP contribution in [0.5, 0.6) is 0 Å². The van der Waals surface area contributed by atoms with Crippen LogP contribution in [0, 0.1) is 28.6 Å². The van der Waals surface area contributed by atoms with E-state index in [9.17, 15) is 9.59 Å². The molecule has 0 amide bonds. The minimum atomic E-state index is -1.01. The van der Waals surface area contributed by atoms with Gasteiger partial charge in [0.15, 0.2) is 5.78 Å². The van der Waals surface area contributed by atoms with Crippen molar-refractivity contribution < 1.29 is 14.0 Å². The Labute approximate surface area is 143 Å². The molecule has 3 heteroatoms. The van der Waals surface area contributed by atoms with Crippen molar-refractivity contribution in [2.24, 2.45) is 28.6 Å². The lowest BCUT2D eigenvalue weighted by Crippen LogP contribution is -2.48. The molecule has 130 valence electrons. The Bertz CT molecular complexity index is 675. The molecule has 0 aromatic heterocycles. The monoisotopic (exact) mass is 330 g/mol. The van der Waals surface area contributed by atoms with E-state index >= 15 is 4.39 Å². The minimum Gasteiger partial charge on any atom is -0.300 e. The number of fused-ring (bicyclic) bond motifs is 5. The van der Waals surface area contributed by atoms with Gasteiger partial charge in [0.1, 0.15) is 12.0 Å². The Kier molecular flexibility index (Phi) is 3.47. The summed E-state index contributed by atoms with van der Waals surface area (Å²) in [6.45, 7) is 6.09. The van der Waals surface area contributed by atoms with Gasteiger partial charge in [-0.2, -0.15) is 0 Å². The maximum Gasteiger partial charge on any atom is 0.155 e. The quantitative estimate of drug-likeness (QED) is 0.659. The predicted molar refractivity (Wildman–Crippen MR) is 91.1 cm³/mol. The number of alkyl halides is 1. The van der Waals surface area contributed by atoms with Gasteiger partial charge < -0.3 is 0 Å². The number of rotatable bonds is 1. The van der Waals surface area contributed by atoms with Crippen molar-refractivity contribution in [2.75, 3.05) is 0 Å². The highest BCUT2D eigenvalue weighted by Gasteiger charge is 2.58. The van der Waals surface area contributed by atoms with Gasteiger partial charge in [-0.25, -0.2) is 4.39 Å². The molecule has 2 fully saturated rings. The number of Topliss-reactive ketones (excluding diaryl/α,β-unsaturated/α-hetero) is 1. The van der Waals surface area contributed by atoms with Crippen molar-refractivity contribution in [2.45, 2.75) is 65.5 Å². The van der Waals surface area contributed by atoms with Gasteiger partial charge in [-0.15, -0.1) is 0 Å². The third kappa shape index (κ3) is 1.99. The Morgan fingerprint density at radius 1 is 1.25 bits per heavy atom. The summed E-state index contributed by atoms with van der Waals surface area (Å²) in [5, 5.41) is 0. The van der Waals surface area contributed by atoms with Crippen LogP contribution in [0.2, 0.25) is 0 Å². The van der Waals surface area contributed by atoms with E-state index in [0.29, 0.717) is 30.1 Å². The normalized spacial score (nSPS) is 47.2. The molecule has 0 aromatic rings. The third-order valence-corrected chi connectivity index (χ3v) is 7.81. The van der Waals surface area contributed by atoms with E-state index in [1.165, 1.54) is 5.57 Å². The number of hydrogen-bond acceptors (Lipinski definition) is 2. The second kappa shape index (κ2) is 5.12. The molecule has 2 saturated carbocycles. The summed E-state index contributed by atoms with van der Waals surface area (Å²) >= 11 is 0. The fourth-order valence-electron chi connectivity index (χ4n) is 6.53. The highest BCUT2D eigenvalue weighted by Crippen LogP contribution is 2.64. The molecule has 0 radical (unpaired) electrons. The van der Waals surface area contributed by atoms with Gasteiger partial charge in [0, 0.05) is 17.8 Å². The van der Waals surface area contributed by atoms with Crippen molar-refractivity contribution in [3.05, 3.63) is 23.3 Å². The molecule has 4 aliphatic carbocycles. The van der Waals surface area contributed by atoms with E-state index < -0.39 is 6.17 Å². The van der Waals surface area contributed by atoms with E-state index in [1.807, 2.05) is 0 Å². The van der Waals surface area contributed by atoms with Crippen LogP contribution in [0.25, 0.3) is 0 Å². The lowest BCUT2D eigenvalue weighted by molar-refractivity contribution is -0.124. The number of hydrogen-bond donors (Lipinski definition) is 0. The largest absolute Gasteiger partial charge is 0.300 e. The molecule has 0 heterocycles. The van der Waals surface area contributed by atoms with Crippen LogP contribution in [-0.4, -0.2) is 17.7 Å². The van der Waals surface area contributed by atoms with Gasteiger partial charge in [0.05, 0.1) is 0 Å². The van der Waals surface area contributed by atoms with Crippen LogP contribution in [0.1, 0.15) is 59.3 Å². The van der Waals surface area contributed by atoms with Gasteiger partial charge in [-0.1, -0.05) is 25.5 Å². The molecule has 4 rings (SSSR count). The SMILES string of the molecule is CC(=O)[C@H]1CC[C@H]2[C@@H]3C[C@H](F)C4=CC(=O)CC[C@]4(C)C3=CC[C@]12C. The third-order valence-electron chi connectivity index (χ3n) is 7.81. The molecule has 6 atom stereocenters. The van der Waals surface area contributed by atoms with Crippen LogP contribution >= 0.6 is 0 Å². The summed E-state index contributed by atoms with van der Waals surface area (Å²) < 4.78 is 15.0. The highest BCUT2D eigenvalue weighted by molar-refractivity contribution is 5.92. The van der Waals surface area contributed by atoms with Gasteiger partial charge in [0.2, 0.25) is 0 Å². The van der Waals surface area contributed by atoms with Gasteiger partial charge in [0.25, 0.3) is 0 Å². The average molecular weight is 330 g/mol. The Morgan fingerprint density at radius 2 is 2.00 bits per heavy atom. The fourth-order valence-corrected chi connectivity index (χ4v) is 6.53. The van der Waals surface area contributed by atoms with Crippen LogP contribution < -0.4 is 0 Å². The van der Waals surface area contributed by atoms with Crippen LogP contribution in [-0.2, 0) is 9.59 Å². The molecular formula is C21H27FO2. The Balaban J connectivity index is 1.78. The van der Waals surface area contributed by atoms with Crippen molar-refractivity contribution in [3.63, 3.8) is 0 Å². The molecule has 0 aliphatic heterocycles. The van der Waals surface area contributed by atoms with E-state index in [4.69, 9.17) is 0 Å². The molecule has 2 nitrogen and oxygen atoms in total.